The Labute approximate surface area is 184 Å². The van der Waals surface area contributed by atoms with Gasteiger partial charge in [-0.15, -0.1) is 0 Å². The highest BCUT2D eigenvalue weighted by Gasteiger charge is 2.31. The number of anilines is 1. The fraction of sp³-hybridized carbons (Fsp3) is 0.458. The van der Waals surface area contributed by atoms with E-state index in [-0.39, 0.29) is 6.04 Å². The molecule has 7 heteroatoms. The summed E-state index contributed by atoms with van der Waals surface area (Å²) in [5.74, 6) is 1.58. The van der Waals surface area contributed by atoms with Crippen LogP contribution in [-0.2, 0) is 13.1 Å². The van der Waals surface area contributed by atoms with Crippen LogP contribution in [-0.4, -0.2) is 52.4 Å². The van der Waals surface area contributed by atoms with Crippen molar-refractivity contribution in [3.8, 4) is 16.9 Å². The highest BCUT2D eigenvalue weighted by atomic mass is 16.5. The standard InChI is InChI=1S/C24H32N6O/c1-6-30-17(2)19(14-26-30)16-29-12-8-11-22(29)23-21(15-25-24(27-23)28(3)4)18-9-7-10-20(13-18)31-5/h7,9-10,13-15,22H,6,8,11-12,16H2,1-5H3/t22-/m0/s1. The van der Waals surface area contributed by atoms with Crippen molar-refractivity contribution in [2.45, 2.75) is 45.8 Å². The van der Waals surface area contributed by atoms with Crippen LogP contribution in [0.3, 0.4) is 0 Å². The van der Waals surface area contributed by atoms with E-state index in [1.54, 1.807) is 7.11 Å². The van der Waals surface area contributed by atoms with Crippen molar-refractivity contribution in [3.05, 3.63) is 53.6 Å². The lowest BCUT2D eigenvalue weighted by atomic mass is 9.99. The molecule has 3 heterocycles. The first-order chi connectivity index (χ1) is 15.0. The zero-order chi connectivity index (χ0) is 22.0. The van der Waals surface area contributed by atoms with Gasteiger partial charge in [0.25, 0.3) is 0 Å². The second kappa shape index (κ2) is 9.06. The van der Waals surface area contributed by atoms with Crippen LogP contribution in [0.4, 0.5) is 5.95 Å². The normalized spacial score (nSPS) is 16.6. The summed E-state index contributed by atoms with van der Waals surface area (Å²) < 4.78 is 7.53. The van der Waals surface area contributed by atoms with Gasteiger partial charge in [-0.1, -0.05) is 12.1 Å². The SMILES string of the molecule is CCn1ncc(CN2CCC[C@H]2c2nc(N(C)C)ncc2-c2cccc(OC)c2)c1C. The van der Waals surface area contributed by atoms with E-state index >= 15 is 0 Å². The average molecular weight is 421 g/mol. The number of benzene rings is 1. The molecular weight excluding hydrogens is 388 g/mol. The second-order valence-electron chi connectivity index (χ2n) is 8.29. The Kier molecular flexibility index (Phi) is 6.23. The summed E-state index contributed by atoms with van der Waals surface area (Å²) in [6, 6.07) is 8.40. The minimum absolute atomic E-state index is 0.243. The largest absolute Gasteiger partial charge is 0.497 e. The van der Waals surface area contributed by atoms with Gasteiger partial charge in [-0.25, -0.2) is 9.97 Å². The van der Waals surface area contributed by atoms with Crippen LogP contribution < -0.4 is 9.64 Å². The van der Waals surface area contributed by atoms with Crippen LogP contribution >= 0.6 is 0 Å². The molecule has 2 aromatic heterocycles. The molecule has 1 atom stereocenters. The van der Waals surface area contributed by atoms with Crippen molar-refractivity contribution in [2.24, 2.45) is 0 Å². The second-order valence-corrected chi connectivity index (χ2v) is 8.29. The molecule has 0 bridgehead atoms. The topological polar surface area (TPSA) is 59.3 Å². The smallest absolute Gasteiger partial charge is 0.225 e. The Morgan fingerprint density at radius 1 is 1.23 bits per heavy atom. The van der Waals surface area contributed by atoms with Gasteiger partial charge in [0.05, 0.1) is 25.0 Å². The molecule has 0 amide bonds. The van der Waals surface area contributed by atoms with Crippen molar-refractivity contribution in [2.75, 3.05) is 32.6 Å². The van der Waals surface area contributed by atoms with Crippen LogP contribution in [0.25, 0.3) is 11.1 Å². The lowest BCUT2D eigenvalue weighted by Crippen LogP contribution is -2.25. The number of nitrogens with zero attached hydrogens (tertiary/aromatic N) is 6. The summed E-state index contributed by atoms with van der Waals surface area (Å²) in [5.41, 5.74) is 5.78. The summed E-state index contributed by atoms with van der Waals surface area (Å²) in [6.07, 6.45) is 6.22. The van der Waals surface area contributed by atoms with Crippen molar-refractivity contribution in [3.63, 3.8) is 0 Å². The summed E-state index contributed by atoms with van der Waals surface area (Å²) >= 11 is 0. The first-order valence-corrected chi connectivity index (χ1v) is 11.0. The highest BCUT2D eigenvalue weighted by molar-refractivity contribution is 5.68. The van der Waals surface area contributed by atoms with E-state index in [0.29, 0.717) is 0 Å². The van der Waals surface area contributed by atoms with Crippen LogP contribution in [0.5, 0.6) is 5.75 Å². The fourth-order valence-electron chi connectivity index (χ4n) is 4.37. The van der Waals surface area contributed by atoms with E-state index < -0.39 is 0 Å². The summed E-state index contributed by atoms with van der Waals surface area (Å²) in [6.45, 7) is 7.13. The molecule has 1 fully saturated rings. The molecule has 0 spiro atoms. The van der Waals surface area contributed by atoms with Gasteiger partial charge in [0, 0.05) is 50.2 Å². The average Bonchev–Trinajstić information content (AvgIpc) is 3.40. The van der Waals surface area contributed by atoms with Gasteiger partial charge in [-0.05, 0) is 50.9 Å². The molecule has 164 valence electrons. The minimum Gasteiger partial charge on any atom is -0.497 e. The van der Waals surface area contributed by atoms with E-state index in [0.717, 1.165) is 61.0 Å². The Hall–Kier alpha value is -2.93. The summed E-state index contributed by atoms with van der Waals surface area (Å²) in [5, 5.41) is 4.54. The predicted molar refractivity (Wildman–Crippen MR) is 123 cm³/mol. The number of ether oxygens (including phenoxy) is 1. The molecule has 0 radical (unpaired) electrons. The molecule has 1 aliphatic rings. The van der Waals surface area contributed by atoms with E-state index in [9.17, 15) is 0 Å². The van der Waals surface area contributed by atoms with Crippen LogP contribution in [0.2, 0.25) is 0 Å². The number of hydrogen-bond donors (Lipinski definition) is 0. The molecule has 1 saturated heterocycles. The van der Waals surface area contributed by atoms with Crippen LogP contribution in [0.1, 0.15) is 42.8 Å². The van der Waals surface area contributed by atoms with Crippen molar-refractivity contribution in [1.82, 2.24) is 24.6 Å². The fourth-order valence-corrected chi connectivity index (χ4v) is 4.37. The predicted octanol–water partition coefficient (Wildman–Crippen LogP) is 4.08. The summed E-state index contributed by atoms with van der Waals surface area (Å²) in [4.78, 5) is 14.2. The Morgan fingerprint density at radius 2 is 2.06 bits per heavy atom. The molecule has 0 N–H and O–H groups in total. The third kappa shape index (κ3) is 4.28. The van der Waals surface area contributed by atoms with Gasteiger partial charge < -0.3 is 9.64 Å². The number of likely N-dealkylation sites (tertiary alicyclic amines) is 1. The maximum Gasteiger partial charge on any atom is 0.225 e. The van der Waals surface area contributed by atoms with Crippen LogP contribution in [0, 0.1) is 6.92 Å². The number of hydrogen-bond acceptors (Lipinski definition) is 6. The maximum atomic E-state index is 5.46. The lowest BCUT2D eigenvalue weighted by Gasteiger charge is -2.26. The molecule has 3 aromatic rings. The maximum absolute atomic E-state index is 5.46. The molecule has 31 heavy (non-hydrogen) atoms. The highest BCUT2D eigenvalue weighted by Crippen LogP contribution is 2.38. The lowest BCUT2D eigenvalue weighted by molar-refractivity contribution is 0.244. The Balaban J connectivity index is 1.73. The first-order valence-electron chi connectivity index (χ1n) is 11.0. The molecule has 0 aliphatic carbocycles. The van der Waals surface area contributed by atoms with Gasteiger partial charge in [0.1, 0.15) is 5.75 Å². The Bertz CT molecular complexity index is 1040. The van der Waals surface area contributed by atoms with Crippen molar-refractivity contribution >= 4 is 5.95 Å². The molecule has 7 nitrogen and oxygen atoms in total. The quantitative estimate of drug-likeness (QED) is 0.574. The summed E-state index contributed by atoms with van der Waals surface area (Å²) in [7, 11) is 5.67. The van der Waals surface area contributed by atoms with E-state index in [1.165, 1.54) is 11.3 Å². The number of aryl methyl sites for hydroxylation is 1. The number of aromatic nitrogens is 4. The van der Waals surface area contributed by atoms with Gasteiger partial charge in [0.15, 0.2) is 0 Å². The van der Waals surface area contributed by atoms with Gasteiger partial charge in [-0.3, -0.25) is 9.58 Å². The zero-order valence-corrected chi connectivity index (χ0v) is 19.2. The van der Waals surface area contributed by atoms with E-state index in [2.05, 4.69) is 45.6 Å². The molecular formula is C24H32N6O. The molecule has 0 saturated carbocycles. The zero-order valence-electron chi connectivity index (χ0n) is 19.2. The Morgan fingerprint density at radius 3 is 2.77 bits per heavy atom. The minimum atomic E-state index is 0.243. The van der Waals surface area contributed by atoms with Crippen molar-refractivity contribution in [1.29, 1.82) is 0 Å². The van der Waals surface area contributed by atoms with Crippen molar-refractivity contribution < 1.29 is 4.74 Å². The number of rotatable bonds is 7. The molecule has 1 aromatic carbocycles. The first kappa shape index (κ1) is 21.3. The monoisotopic (exact) mass is 420 g/mol. The van der Waals surface area contributed by atoms with E-state index in [4.69, 9.17) is 9.72 Å². The molecule has 1 aliphatic heterocycles. The van der Waals surface area contributed by atoms with Crippen LogP contribution in [0.15, 0.2) is 36.7 Å². The van der Waals surface area contributed by atoms with Gasteiger partial charge >= 0.3 is 0 Å². The van der Waals surface area contributed by atoms with Gasteiger partial charge in [-0.2, -0.15) is 5.10 Å². The third-order valence-corrected chi connectivity index (χ3v) is 6.14. The third-order valence-electron chi connectivity index (χ3n) is 6.14. The molecule has 4 rings (SSSR count). The van der Waals surface area contributed by atoms with Gasteiger partial charge in [0.2, 0.25) is 5.95 Å². The molecule has 0 unspecified atom stereocenters. The number of methoxy groups -OCH3 is 1. The van der Waals surface area contributed by atoms with E-state index in [1.807, 2.05) is 43.5 Å².